The molecule has 0 spiro atoms. The largest absolute Gasteiger partial charge is 0.417 e. The average molecular weight is 307 g/mol. The topological polar surface area (TPSA) is 89.9 Å². The molecule has 1 aliphatic rings. The van der Waals surface area contributed by atoms with Crippen LogP contribution in [-0.2, 0) is 11.7 Å². The summed E-state index contributed by atoms with van der Waals surface area (Å²) in [5.74, 6) is 0.710. The third-order valence-electron chi connectivity index (χ3n) is 3.41. The van der Waals surface area contributed by atoms with E-state index in [0.29, 0.717) is 11.4 Å². The summed E-state index contributed by atoms with van der Waals surface area (Å²) in [5.41, 5.74) is 10.9. The van der Waals surface area contributed by atoms with Crippen LogP contribution in [0.25, 0.3) is 0 Å². The summed E-state index contributed by atoms with van der Waals surface area (Å²) < 4.78 is 37.9. The summed E-state index contributed by atoms with van der Waals surface area (Å²) in [6, 6.07) is 5.59. The highest BCUT2D eigenvalue weighted by atomic mass is 19.4. The van der Waals surface area contributed by atoms with Gasteiger partial charge in [-0.05, 0) is 24.3 Å². The maximum absolute atomic E-state index is 12.6. The van der Waals surface area contributed by atoms with Crippen LogP contribution in [0.5, 0.6) is 0 Å². The van der Waals surface area contributed by atoms with Gasteiger partial charge in [-0.3, -0.25) is 4.98 Å². The van der Waals surface area contributed by atoms with Gasteiger partial charge in [0, 0.05) is 18.0 Å². The Labute approximate surface area is 123 Å². The molecule has 0 radical (unpaired) electrons. The van der Waals surface area contributed by atoms with Gasteiger partial charge in [0.05, 0.1) is 11.3 Å². The molecule has 0 saturated heterocycles. The number of alkyl halides is 3. The van der Waals surface area contributed by atoms with Crippen LogP contribution in [0, 0.1) is 0 Å². The number of hydrogen-bond donors (Lipinski definition) is 3. The number of nitrogens with one attached hydrogen (secondary N) is 1. The molecule has 8 heteroatoms. The Hall–Kier alpha value is -2.61. The van der Waals surface area contributed by atoms with Crippen LogP contribution >= 0.6 is 0 Å². The van der Waals surface area contributed by atoms with E-state index < -0.39 is 17.3 Å². The van der Waals surface area contributed by atoms with Gasteiger partial charge in [-0.1, -0.05) is 6.07 Å². The quantitative estimate of drug-likeness (QED) is 0.749. The number of aromatic nitrogens is 2. The third kappa shape index (κ3) is 2.27. The number of nitrogens with two attached hydrogens (primary N) is 2. The van der Waals surface area contributed by atoms with Gasteiger partial charge in [-0.15, -0.1) is 0 Å². The molecule has 5 N–H and O–H groups in total. The van der Waals surface area contributed by atoms with Gasteiger partial charge in [-0.2, -0.15) is 13.2 Å². The van der Waals surface area contributed by atoms with Gasteiger partial charge in [0.1, 0.15) is 17.2 Å². The van der Waals surface area contributed by atoms with Crippen molar-refractivity contribution in [3.05, 3.63) is 65.4 Å². The smallest absolute Gasteiger partial charge is 0.385 e. The third-order valence-corrected chi connectivity index (χ3v) is 3.41. The fourth-order valence-corrected chi connectivity index (χ4v) is 2.35. The SMILES string of the molecule is NC1=CC(N)(c2ccc(C(F)(F)F)cn2)c2cccnc2N1. The number of halogens is 3. The van der Waals surface area contributed by atoms with Crippen molar-refractivity contribution in [2.45, 2.75) is 11.7 Å². The Balaban J connectivity index is 2.11. The Bertz CT molecular complexity index is 739. The second kappa shape index (κ2) is 4.70. The van der Waals surface area contributed by atoms with E-state index in [0.717, 1.165) is 12.3 Å². The molecule has 0 aliphatic carbocycles. The molecular weight excluding hydrogens is 295 g/mol. The first kappa shape index (κ1) is 14.3. The molecule has 2 aromatic rings. The Morgan fingerprint density at radius 3 is 2.55 bits per heavy atom. The molecule has 0 amide bonds. The van der Waals surface area contributed by atoms with Crippen LogP contribution in [0.3, 0.4) is 0 Å². The fourth-order valence-electron chi connectivity index (χ4n) is 2.35. The highest BCUT2D eigenvalue weighted by Crippen LogP contribution is 2.36. The number of anilines is 1. The first-order valence-corrected chi connectivity index (χ1v) is 6.34. The minimum absolute atomic E-state index is 0.249. The van der Waals surface area contributed by atoms with Gasteiger partial charge in [0.25, 0.3) is 0 Å². The Kier molecular flexibility index (Phi) is 3.06. The monoisotopic (exact) mass is 307 g/mol. The minimum Gasteiger partial charge on any atom is -0.385 e. The summed E-state index contributed by atoms with van der Waals surface area (Å²) in [5, 5.41) is 2.86. The molecule has 5 nitrogen and oxygen atoms in total. The molecule has 114 valence electrons. The first-order chi connectivity index (χ1) is 10.3. The Morgan fingerprint density at radius 2 is 1.91 bits per heavy atom. The van der Waals surface area contributed by atoms with Crippen molar-refractivity contribution in [2.24, 2.45) is 11.5 Å². The fraction of sp³-hybridized carbons (Fsp3) is 0.143. The van der Waals surface area contributed by atoms with Crippen LogP contribution in [0.15, 0.2) is 48.6 Å². The number of hydrogen-bond acceptors (Lipinski definition) is 5. The van der Waals surface area contributed by atoms with E-state index in [9.17, 15) is 13.2 Å². The standard InChI is InChI=1S/C14H12F3N5/c15-14(16,17)8-3-4-10(21-7-8)13(19)6-11(18)22-12-9(13)2-1-5-20-12/h1-7H,18-19H2,(H,20,22). The van der Waals surface area contributed by atoms with Gasteiger partial charge >= 0.3 is 6.18 Å². The van der Waals surface area contributed by atoms with E-state index in [1.807, 2.05) is 0 Å². The van der Waals surface area contributed by atoms with E-state index >= 15 is 0 Å². The van der Waals surface area contributed by atoms with Gasteiger partial charge in [0.15, 0.2) is 0 Å². The van der Waals surface area contributed by atoms with E-state index in [-0.39, 0.29) is 11.5 Å². The molecule has 3 heterocycles. The number of pyridine rings is 2. The van der Waals surface area contributed by atoms with E-state index in [1.54, 1.807) is 18.3 Å². The van der Waals surface area contributed by atoms with Crippen LogP contribution in [0.2, 0.25) is 0 Å². The summed E-state index contributed by atoms with van der Waals surface area (Å²) in [7, 11) is 0. The molecule has 22 heavy (non-hydrogen) atoms. The highest BCUT2D eigenvalue weighted by Gasteiger charge is 2.37. The van der Waals surface area contributed by atoms with Gasteiger partial charge < -0.3 is 16.8 Å². The van der Waals surface area contributed by atoms with Crippen molar-refractivity contribution in [3.63, 3.8) is 0 Å². The number of rotatable bonds is 1. The highest BCUT2D eigenvalue weighted by molar-refractivity contribution is 5.60. The maximum atomic E-state index is 12.6. The molecule has 1 aliphatic heterocycles. The van der Waals surface area contributed by atoms with Crippen LogP contribution in [-0.4, -0.2) is 9.97 Å². The lowest BCUT2D eigenvalue weighted by atomic mass is 9.85. The van der Waals surface area contributed by atoms with Gasteiger partial charge in [0.2, 0.25) is 0 Å². The van der Waals surface area contributed by atoms with Crippen molar-refractivity contribution in [1.29, 1.82) is 0 Å². The minimum atomic E-state index is -4.45. The lowest BCUT2D eigenvalue weighted by molar-refractivity contribution is -0.137. The zero-order valence-electron chi connectivity index (χ0n) is 11.2. The van der Waals surface area contributed by atoms with E-state index in [2.05, 4.69) is 15.3 Å². The average Bonchev–Trinajstić information content (AvgIpc) is 2.46. The summed E-state index contributed by atoms with van der Waals surface area (Å²) in [6.45, 7) is 0. The molecule has 0 aromatic carbocycles. The van der Waals surface area contributed by atoms with Crippen molar-refractivity contribution >= 4 is 5.82 Å². The molecule has 2 aromatic heterocycles. The predicted octanol–water partition coefficient (Wildman–Crippen LogP) is 1.92. The summed E-state index contributed by atoms with van der Waals surface area (Å²) in [4.78, 5) is 8.00. The molecule has 1 unspecified atom stereocenters. The number of nitrogens with zero attached hydrogens (tertiary/aromatic N) is 2. The lowest BCUT2D eigenvalue weighted by Crippen LogP contribution is -2.42. The van der Waals surface area contributed by atoms with E-state index in [4.69, 9.17) is 11.5 Å². The zero-order valence-corrected chi connectivity index (χ0v) is 11.2. The second-order valence-electron chi connectivity index (χ2n) is 4.92. The van der Waals surface area contributed by atoms with Crippen molar-refractivity contribution < 1.29 is 13.2 Å². The molecule has 3 rings (SSSR count). The summed E-state index contributed by atoms with van der Waals surface area (Å²) in [6.07, 6.45) is -0.626. The van der Waals surface area contributed by atoms with Crippen molar-refractivity contribution in [1.82, 2.24) is 9.97 Å². The van der Waals surface area contributed by atoms with Crippen LogP contribution in [0.1, 0.15) is 16.8 Å². The molecule has 0 saturated carbocycles. The zero-order chi connectivity index (χ0) is 16.0. The van der Waals surface area contributed by atoms with E-state index in [1.165, 1.54) is 12.1 Å². The number of fused-ring (bicyclic) bond motifs is 1. The van der Waals surface area contributed by atoms with Crippen molar-refractivity contribution in [2.75, 3.05) is 5.32 Å². The first-order valence-electron chi connectivity index (χ1n) is 6.34. The van der Waals surface area contributed by atoms with Crippen LogP contribution in [0.4, 0.5) is 19.0 Å². The summed E-state index contributed by atoms with van der Waals surface area (Å²) >= 11 is 0. The molecule has 0 fully saturated rings. The van der Waals surface area contributed by atoms with Crippen LogP contribution < -0.4 is 16.8 Å². The normalized spacial score (nSPS) is 20.8. The van der Waals surface area contributed by atoms with Crippen molar-refractivity contribution in [3.8, 4) is 0 Å². The maximum Gasteiger partial charge on any atom is 0.417 e. The Morgan fingerprint density at radius 1 is 1.14 bits per heavy atom. The predicted molar refractivity (Wildman–Crippen MR) is 74.3 cm³/mol. The molecule has 0 bridgehead atoms. The lowest BCUT2D eigenvalue weighted by Gasteiger charge is -2.32. The van der Waals surface area contributed by atoms with Gasteiger partial charge in [-0.25, -0.2) is 4.98 Å². The molecular formula is C14H12F3N5. The molecule has 1 atom stereocenters. The second-order valence-corrected chi connectivity index (χ2v) is 4.92.